The Morgan fingerprint density at radius 3 is 1.09 bits per heavy atom. The zero-order valence-corrected chi connectivity index (χ0v) is 63.8. The zero-order chi connectivity index (χ0) is 74.6. The van der Waals surface area contributed by atoms with Crippen LogP contribution >= 0.6 is 0 Å². The van der Waals surface area contributed by atoms with Crippen molar-refractivity contribution in [1.82, 2.24) is 5.32 Å². The van der Waals surface area contributed by atoms with E-state index in [0.29, 0.717) is 12.8 Å². The van der Waals surface area contributed by atoms with Crippen molar-refractivity contribution in [1.29, 1.82) is 0 Å². The normalized spacial score (nSPS) is 26.6. The molecule has 0 aromatic rings. The van der Waals surface area contributed by atoms with E-state index < -0.39 is 124 Å². The van der Waals surface area contributed by atoms with Gasteiger partial charge < -0.3 is 89.9 Å². The fourth-order valence-electron chi connectivity index (χ4n) is 13.3. The van der Waals surface area contributed by atoms with Gasteiger partial charge >= 0.3 is 0 Å². The largest absolute Gasteiger partial charge is 0.394 e. The van der Waals surface area contributed by atoms with Gasteiger partial charge in [-0.15, -0.1) is 0 Å². The lowest BCUT2D eigenvalue weighted by Gasteiger charge is -2.48. The molecule has 3 aliphatic rings. The number of nitrogens with one attached hydrogen (secondary N) is 1. The fraction of sp³-hybridized carbons (Fsp3) is 0.798. The molecule has 1 amide bonds. The van der Waals surface area contributed by atoms with Gasteiger partial charge in [-0.2, -0.15) is 0 Å². The van der Waals surface area contributed by atoms with Crippen LogP contribution in [0.3, 0.4) is 0 Å². The topological polar surface area (TPSA) is 307 Å². The highest BCUT2D eigenvalue weighted by Gasteiger charge is 2.54. The van der Waals surface area contributed by atoms with Gasteiger partial charge in [-0.25, -0.2) is 0 Å². The molecule has 0 spiro atoms. The first kappa shape index (κ1) is 93.9. The molecule has 19 heteroatoms. The van der Waals surface area contributed by atoms with Crippen LogP contribution in [0.1, 0.15) is 296 Å². The van der Waals surface area contributed by atoms with Gasteiger partial charge in [0.25, 0.3) is 0 Å². The maximum Gasteiger partial charge on any atom is 0.220 e. The minimum absolute atomic E-state index is 0.229. The van der Waals surface area contributed by atoms with Crippen molar-refractivity contribution in [3.8, 4) is 0 Å². The number of carbonyl (C=O) groups excluding carboxylic acids is 1. The van der Waals surface area contributed by atoms with Crippen LogP contribution in [0.4, 0.5) is 0 Å². The van der Waals surface area contributed by atoms with Crippen LogP contribution in [-0.4, -0.2) is 193 Å². The number of ether oxygens (including phenoxy) is 6. The van der Waals surface area contributed by atoms with Crippen LogP contribution in [0.5, 0.6) is 0 Å². The molecule has 12 N–H and O–H groups in total. The molecule has 0 aromatic carbocycles. The number of aliphatic hydroxyl groups excluding tert-OH is 11. The van der Waals surface area contributed by atoms with Crippen molar-refractivity contribution in [2.75, 3.05) is 26.4 Å². The SMILES string of the molecule is CC/C=C\C/C=C\C/C=C\C/C=C\C/C=C\CCCCCCCCCCCCCCCCCCCC(=O)NC(COC1OC(CO)C(OC2OC(CO)C(OC3OC(CO)C(O)C(O)C3O)C(O)C2O)C(O)C1O)C(O)/C=C/CC/C=C/CC/C=C/CCCCCCCCCCCCCCCCC. The molecule has 17 unspecified atom stereocenters. The molecule has 0 aliphatic carbocycles. The molecule has 17 atom stereocenters. The molecule has 19 nitrogen and oxygen atoms in total. The van der Waals surface area contributed by atoms with E-state index in [-0.39, 0.29) is 18.9 Å². The predicted octanol–water partition coefficient (Wildman–Crippen LogP) is 14.0. The molecule has 0 saturated carbocycles. The smallest absolute Gasteiger partial charge is 0.220 e. The summed E-state index contributed by atoms with van der Waals surface area (Å²) in [5, 5.41) is 121. The number of rotatable bonds is 64. The predicted molar refractivity (Wildman–Crippen MR) is 411 cm³/mol. The maximum atomic E-state index is 13.5. The summed E-state index contributed by atoms with van der Waals surface area (Å²) in [5.41, 5.74) is 0. The highest BCUT2D eigenvalue weighted by Crippen LogP contribution is 2.33. The minimum atomic E-state index is -1.99. The standard InChI is InChI=1S/C84H147NO18/c1-3-5-7-9-11-13-15-17-19-21-23-25-27-29-30-31-32-33-34-35-36-38-40-42-44-46-48-50-52-54-56-58-60-62-72(90)85-67(68(89)61-59-57-55-53-51-49-47-45-43-41-39-37-28-26-24-22-20-18-16-14-12-10-8-6-4-2)66-98-82-78(96)75(93)80(70(64-87)100-82)103-84-79(97)76(94)81(71(65-88)101-84)102-83-77(95)74(92)73(91)69(63-86)99-83/h5,7,11,13,17,19,23,25,29-30,43,45,51,53,59,61,67-71,73-84,86-89,91-97H,3-4,6,8-10,12,14-16,18,20-22,24,26-28,31-42,44,46-50,52,54-58,60,62-66H2,1-2H3,(H,85,90)/b7-5-,13-11-,19-17-,25-23-,30-29-,45-43+,53-51+,61-59+. The number of allylic oxidation sites excluding steroid dienone is 15. The molecule has 103 heavy (non-hydrogen) atoms. The summed E-state index contributed by atoms with van der Waals surface area (Å²) >= 11 is 0. The van der Waals surface area contributed by atoms with Gasteiger partial charge in [0.1, 0.15) is 73.2 Å². The molecule has 3 heterocycles. The summed E-state index contributed by atoms with van der Waals surface area (Å²) in [4.78, 5) is 13.5. The second kappa shape index (κ2) is 63.6. The van der Waals surface area contributed by atoms with E-state index in [1.807, 2.05) is 6.08 Å². The quantitative estimate of drug-likeness (QED) is 0.0199. The van der Waals surface area contributed by atoms with E-state index in [9.17, 15) is 61.0 Å². The van der Waals surface area contributed by atoms with Gasteiger partial charge in [-0.3, -0.25) is 4.79 Å². The molecular weight excluding hydrogens is 1310 g/mol. The maximum absolute atomic E-state index is 13.5. The van der Waals surface area contributed by atoms with Crippen molar-refractivity contribution >= 4 is 5.91 Å². The summed E-state index contributed by atoms with van der Waals surface area (Å²) < 4.78 is 34.4. The molecular formula is C84H147NO18. The van der Waals surface area contributed by atoms with Gasteiger partial charge in [0.15, 0.2) is 18.9 Å². The Labute approximate surface area is 622 Å². The van der Waals surface area contributed by atoms with E-state index >= 15 is 0 Å². The minimum Gasteiger partial charge on any atom is -0.394 e. The summed E-state index contributed by atoms with van der Waals surface area (Å²) in [6.07, 6.45) is 59.7. The molecule has 3 saturated heterocycles. The third-order valence-corrected chi connectivity index (χ3v) is 19.8. The van der Waals surface area contributed by atoms with Gasteiger partial charge in [0.05, 0.1) is 38.6 Å². The molecule has 3 fully saturated rings. The lowest BCUT2D eigenvalue weighted by molar-refractivity contribution is -0.379. The van der Waals surface area contributed by atoms with Crippen LogP contribution in [0.25, 0.3) is 0 Å². The van der Waals surface area contributed by atoms with Crippen LogP contribution in [-0.2, 0) is 33.2 Å². The zero-order valence-electron chi connectivity index (χ0n) is 63.8. The first-order valence-electron chi connectivity index (χ1n) is 41.0. The number of carbonyl (C=O) groups is 1. The highest BCUT2D eigenvalue weighted by atomic mass is 16.8. The van der Waals surface area contributed by atoms with E-state index in [1.165, 1.54) is 186 Å². The molecule has 596 valence electrons. The Hall–Kier alpha value is -3.29. The van der Waals surface area contributed by atoms with Gasteiger partial charge in [0, 0.05) is 6.42 Å². The Bertz CT molecular complexity index is 2240. The molecule has 3 aliphatic heterocycles. The van der Waals surface area contributed by atoms with Crippen molar-refractivity contribution in [3.05, 3.63) is 97.2 Å². The Kier molecular flexibility index (Phi) is 58.0. The number of unbranched alkanes of at least 4 members (excludes halogenated alkanes) is 34. The lowest BCUT2D eigenvalue weighted by atomic mass is 9.96. The third kappa shape index (κ3) is 43.5. The Morgan fingerprint density at radius 1 is 0.359 bits per heavy atom. The lowest BCUT2D eigenvalue weighted by Crippen LogP contribution is -2.66. The highest BCUT2D eigenvalue weighted by molar-refractivity contribution is 5.76. The van der Waals surface area contributed by atoms with E-state index in [4.69, 9.17) is 28.4 Å². The number of hydrogen-bond donors (Lipinski definition) is 12. The van der Waals surface area contributed by atoms with E-state index in [2.05, 4.69) is 104 Å². The number of hydrogen-bond acceptors (Lipinski definition) is 18. The Balaban J connectivity index is 1.38. The average molecular weight is 1460 g/mol. The van der Waals surface area contributed by atoms with Gasteiger partial charge in [0.2, 0.25) is 5.91 Å². The third-order valence-electron chi connectivity index (χ3n) is 19.8. The summed E-state index contributed by atoms with van der Waals surface area (Å²) in [6, 6.07) is -1.00. The first-order chi connectivity index (χ1) is 50.3. The van der Waals surface area contributed by atoms with Crippen LogP contribution < -0.4 is 5.32 Å². The van der Waals surface area contributed by atoms with E-state index in [0.717, 1.165) is 77.0 Å². The van der Waals surface area contributed by atoms with Gasteiger partial charge in [-0.1, -0.05) is 297 Å². The van der Waals surface area contributed by atoms with Crippen LogP contribution in [0, 0.1) is 0 Å². The number of amides is 1. The second-order valence-electron chi connectivity index (χ2n) is 28.8. The first-order valence-corrected chi connectivity index (χ1v) is 41.0. The van der Waals surface area contributed by atoms with Gasteiger partial charge in [-0.05, 0) is 89.9 Å². The molecule has 0 aromatic heterocycles. The summed E-state index contributed by atoms with van der Waals surface area (Å²) in [6.45, 7) is 1.62. The van der Waals surface area contributed by atoms with Crippen molar-refractivity contribution in [3.63, 3.8) is 0 Å². The number of aliphatic hydroxyl groups is 11. The van der Waals surface area contributed by atoms with Crippen molar-refractivity contribution in [2.24, 2.45) is 0 Å². The van der Waals surface area contributed by atoms with Crippen molar-refractivity contribution in [2.45, 2.75) is 401 Å². The van der Waals surface area contributed by atoms with Crippen LogP contribution in [0.15, 0.2) is 97.2 Å². The summed E-state index contributed by atoms with van der Waals surface area (Å²) in [7, 11) is 0. The average Bonchev–Trinajstić information content (AvgIpc) is 0.781. The van der Waals surface area contributed by atoms with Crippen LogP contribution in [0.2, 0.25) is 0 Å². The molecule has 0 bridgehead atoms. The summed E-state index contributed by atoms with van der Waals surface area (Å²) in [5.74, 6) is -0.289. The Morgan fingerprint density at radius 2 is 0.680 bits per heavy atom. The van der Waals surface area contributed by atoms with Crippen molar-refractivity contribution < 1.29 is 89.4 Å². The molecule has 0 radical (unpaired) electrons. The second-order valence-corrected chi connectivity index (χ2v) is 28.8. The molecule has 3 rings (SSSR count). The monoisotopic (exact) mass is 1460 g/mol. The van der Waals surface area contributed by atoms with E-state index in [1.54, 1.807) is 6.08 Å². The fourth-order valence-corrected chi connectivity index (χ4v) is 13.3.